The van der Waals surface area contributed by atoms with E-state index in [1.165, 1.54) is 40.7 Å². The Morgan fingerprint density at radius 2 is 1.74 bits per heavy atom. The molecule has 0 bridgehead atoms. The first kappa shape index (κ1) is 25.6. The van der Waals surface area contributed by atoms with E-state index in [1.54, 1.807) is 29.6 Å². The van der Waals surface area contributed by atoms with Crippen LogP contribution in [0.2, 0.25) is 0 Å². The maximum absolute atomic E-state index is 13.4. The smallest absolute Gasteiger partial charge is 0.273 e. The van der Waals surface area contributed by atoms with Gasteiger partial charge in [0.25, 0.3) is 16.4 Å². The number of hydrogen-bond donors (Lipinski definition) is 1. The summed E-state index contributed by atoms with van der Waals surface area (Å²) in [5.74, 6) is -0.383. The topological polar surface area (TPSA) is 60.9 Å². The minimum atomic E-state index is -3.69. The van der Waals surface area contributed by atoms with Gasteiger partial charge in [0.1, 0.15) is 16.7 Å². The molecule has 0 amide bonds. The van der Waals surface area contributed by atoms with Gasteiger partial charge in [0.05, 0.1) is 0 Å². The third-order valence-electron chi connectivity index (χ3n) is 6.18. The summed E-state index contributed by atoms with van der Waals surface area (Å²) in [5.41, 5.74) is -1.71. The Morgan fingerprint density at radius 1 is 1.06 bits per heavy atom. The second-order valence-corrected chi connectivity index (χ2v) is 11.5. The number of halogens is 4. The number of hydrogen-bond acceptors (Lipinski definition) is 5. The van der Waals surface area contributed by atoms with Crippen LogP contribution in [0.3, 0.4) is 0 Å². The summed E-state index contributed by atoms with van der Waals surface area (Å²) in [5, 5.41) is 11.7. The Balaban J connectivity index is 1.63. The monoisotopic (exact) mass is 528 g/mol. The zero-order valence-electron chi connectivity index (χ0n) is 18.5. The predicted molar refractivity (Wildman–Crippen MR) is 127 cm³/mol. The molecular formula is C24H24F4N2O3S2. The highest BCUT2D eigenvalue weighted by Crippen LogP contribution is 2.32. The van der Waals surface area contributed by atoms with Crippen molar-refractivity contribution >= 4 is 27.0 Å². The number of thiophene rings is 1. The van der Waals surface area contributed by atoms with Crippen molar-refractivity contribution in [1.82, 2.24) is 4.31 Å². The van der Waals surface area contributed by atoms with Crippen LogP contribution >= 0.6 is 11.3 Å². The van der Waals surface area contributed by atoms with Gasteiger partial charge < -0.3 is 10.0 Å². The molecule has 0 radical (unpaired) electrons. The van der Waals surface area contributed by atoms with Crippen molar-refractivity contribution in [3.05, 3.63) is 83.0 Å². The summed E-state index contributed by atoms with van der Waals surface area (Å²) in [7, 11) is -3.69. The average Bonchev–Trinajstić information content (AvgIpc) is 3.41. The normalized spacial score (nSPS) is 19.1. The summed E-state index contributed by atoms with van der Waals surface area (Å²) in [6.07, 6.45) is -2.89. The van der Waals surface area contributed by atoms with Crippen LogP contribution in [0.5, 0.6) is 0 Å². The summed E-state index contributed by atoms with van der Waals surface area (Å²) < 4.78 is 81.0. The van der Waals surface area contributed by atoms with Crippen molar-refractivity contribution in [2.24, 2.45) is 0 Å². The van der Waals surface area contributed by atoms with Gasteiger partial charge in [0.15, 0.2) is 5.60 Å². The van der Waals surface area contributed by atoms with Crippen LogP contribution in [0.25, 0.3) is 0 Å². The van der Waals surface area contributed by atoms with Crippen molar-refractivity contribution in [3.8, 4) is 0 Å². The molecule has 1 aliphatic heterocycles. The highest BCUT2D eigenvalue weighted by Gasteiger charge is 2.40. The number of aliphatic hydroxyl groups is 1. The lowest BCUT2D eigenvalue weighted by atomic mass is 9.95. The van der Waals surface area contributed by atoms with E-state index in [4.69, 9.17) is 0 Å². The van der Waals surface area contributed by atoms with Gasteiger partial charge in [0, 0.05) is 31.4 Å². The van der Waals surface area contributed by atoms with Gasteiger partial charge in [-0.3, -0.25) is 0 Å². The molecule has 3 aromatic rings. The van der Waals surface area contributed by atoms with E-state index < -0.39 is 28.7 Å². The van der Waals surface area contributed by atoms with Crippen LogP contribution < -0.4 is 4.90 Å². The standard InChI is InChI=1S/C24H24F4N2O3S2/c25-16-24(31,23(27)28)18-5-9-20(10-6-18)30-12-11-29(35(32,33)22-2-1-13-34-22)15-21(30)14-17-3-7-19(26)8-4-17/h1-10,13,21,23,31H,11-12,14-16H2/t21-,24?/m0/s1. The second kappa shape index (κ2) is 10.3. The molecule has 0 spiro atoms. The van der Waals surface area contributed by atoms with Crippen LogP contribution in [-0.4, -0.2) is 56.6 Å². The third kappa shape index (κ3) is 5.23. The van der Waals surface area contributed by atoms with Gasteiger partial charge in [-0.25, -0.2) is 26.0 Å². The highest BCUT2D eigenvalue weighted by atomic mass is 32.2. The van der Waals surface area contributed by atoms with E-state index >= 15 is 0 Å². The number of alkyl halides is 3. The summed E-state index contributed by atoms with van der Waals surface area (Å²) in [6, 6.07) is 14.3. The van der Waals surface area contributed by atoms with Gasteiger partial charge in [-0.15, -0.1) is 11.3 Å². The molecule has 1 aromatic heterocycles. The van der Waals surface area contributed by atoms with E-state index in [1.807, 2.05) is 4.90 Å². The number of piperazine rings is 1. The molecule has 1 fully saturated rings. The number of anilines is 1. The first-order chi connectivity index (χ1) is 16.6. The van der Waals surface area contributed by atoms with Gasteiger partial charge >= 0.3 is 0 Å². The SMILES string of the molecule is O=S(=O)(c1cccs1)N1CCN(c2ccc(C(O)(CF)C(F)F)cc2)[C@@H](Cc2ccc(F)cc2)C1. The van der Waals surface area contributed by atoms with Crippen LogP contribution in [-0.2, 0) is 22.0 Å². The van der Waals surface area contributed by atoms with Gasteiger partial charge in [0.2, 0.25) is 0 Å². The molecule has 5 nitrogen and oxygen atoms in total. The van der Waals surface area contributed by atoms with Crippen molar-refractivity contribution in [3.63, 3.8) is 0 Å². The number of benzene rings is 2. The number of rotatable bonds is 8. The lowest BCUT2D eigenvalue weighted by Crippen LogP contribution is -2.55. The van der Waals surface area contributed by atoms with Crippen molar-refractivity contribution in [2.45, 2.75) is 28.7 Å². The zero-order chi connectivity index (χ0) is 25.2. The number of sulfonamides is 1. The predicted octanol–water partition coefficient (Wildman–Crippen LogP) is 4.43. The van der Waals surface area contributed by atoms with Crippen LogP contribution in [0, 0.1) is 5.82 Å². The Bertz CT molecular complexity index is 1220. The molecule has 1 N–H and O–H groups in total. The third-order valence-corrected chi connectivity index (χ3v) is 9.42. The quantitative estimate of drug-likeness (QED) is 0.440. The van der Waals surface area contributed by atoms with Gasteiger partial charge in [-0.1, -0.05) is 30.3 Å². The molecule has 2 aromatic carbocycles. The summed E-state index contributed by atoms with van der Waals surface area (Å²) in [6.45, 7) is -0.952. The van der Waals surface area contributed by atoms with E-state index in [0.717, 1.165) is 16.9 Å². The second-order valence-electron chi connectivity index (χ2n) is 8.38. The Morgan fingerprint density at radius 3 is 2.31 bits per heavy atom. The molecule has 0 aliphatic carbocycles. The average molecular weight is 529 g/mol. The molecule has 0 saturated carbocycles. The Labute approximate surface area is 205 Å². The molecular weight excluding hydrogens is 504 g/mol. The van der Waals surface area contributed by atoms with Crippen molar-refractivity contribution < 1.29 is 31.1 Å². The number of nitrogens with zero attached hydrogens (tertiary/aromatic N) is 2. The fourth-order valence-electron chi connectivity index (χ4n) is 4.19. The van der Waals surface area contributed by atoms with Gasteiger partial charge in [-0.05, 0) is 53.3 Å². The van der Waals surface area contributed by atoms with Crippen LogP contribution in [0.4, 0.5) is 23.2 Å². The zero-order valence-corrected chi connectivity index (χ0v) is 20.2. The lowest BCUT2D eigenvalue weighted by molar-refractivity contribution is -0.114. The minimum Gasteiger partial charge on any atom is -0.377 e. The Hall–Kier alpha value is -2.47. The highest BCUT2D eigenvalue weighted by molar-refractivity contribution is 7.91. The first-order valence-corrected chi connectivity index (χ1v) is 13.2. The largest absolute Gasteiger partial charge is 0.377 e. The molecule has 188 valence electrons. The first-order valence-electron chi connectivity index (χ1n) is 10.9. The molecule has 35 heavy (non-hydrogen) atoms. The van der Waals surface area contributed by atoms with Gasteiger partial charge in [-0.2, -0.15) is 4.31 Å². The maximum atomic E-state index is 13.4. The van der Waals surface area contributed by atoms with E-state index in [-0.39, 0.29) is 34.7 Å². The fraction of sp³-hybridized carbons (Fsp3) is 0.333. The molecule has 2 atom stereocenters. The fourth-order valence-corrected chi connectivity index (χ4v) is 6.81. The maximum Gasteiger partial charge on any atom is 0.273 e. The molecule has 1 unspecified atom stereocenters. The molecule has 1 saturated heterocycles. The lowest BCUT2D eigenvalue weighted by Gasteiger charge is -2.42. The minimum absolute atomic E-state index is 0.158. The van der Waals surface area contributed by atoms with Crippen molar-refractivity contribution in [2.75, 3.05) is 31.2 Å². The van der Waals surface area contributed by atoms with Crippen LogP contribution in [0.15, 0.2) is 70.3 Å². The Kier molecular flexibility index (Phi) is 7.51. The molecule has 11 heteroatoms. The van der Waals surface area contributed by atoms with Crippen molar-refractivity contribution in [1.29, 1.82) is 0 Å². The van der Waals surface area contributed by atoms with E-state index in [2.05, 4.69) is 0 Å². The molecule has 2 heterocycles. The van der Waals surface area contributed by atoms with E-state index in [0.29, 0.717) is 18.7 Å². The summed E-state index contributed by atoms with van der Waals surface area (Å²) in [4.78, 5) is 1.95. The summed E-state index contributed by atoms with van der Waals surface area (Å²) >= 11 is 1.14. The molecule has 4 rings (SSSR count). The van der Waals surface area contributed by atoms with Crippen LogP contribution in [0.1, 0.15) is 11.1 Å². The van der Waals surface area contributed by atoms with E-state index in [9.17, 15) is 31.1 Å². The molecule has 1 aliphatic rings.